The zero-order valence-electron chi connectivity index (χ0n) is 22.2. The molecule has 7 heteroatoms. The van der Waals surface area contributed by atoms with E-state index in [9.17, 15) is 9.59 Å². The Morgan fingerprint density at radius 1 is 0.974 bits per heavy atom. The Kier molecular flexibility index (Phi) is 9.19. The molecule has 0 aliphatic carbocycles. The number of ether oxygens (including phenoxy) is 1. The Morgan fingerprint density at radius 2 is 1.68 bits per heavy atom. The van der Waals surface area contributed by atoms with Gasteiger partial charge in [0.2, 0.25) is 0 Å². The van der Waals surface area contributed by atoms with Gasteiger partial charge in [0.25, 0.3) is 11.5 Å². The molecule has 0 radical (unpaired) electrons. The van der Waals surface area contributed by atoms with Crippen molar-refractivity contribution in [3.05, 3.63) is 99.6 Å². The number of hydrogen-bond donors (Lipinski definition) is 0. The number of fused-ring (bicyclic) bond motifs is 1. The quantitative estimate of drug-likeness (QED) is 0.192. The number of nitrogens with zero attached hydrogens (tertiary/aromatic N) is 3. The summed E-state index contributed by atoms with van der Waals surface area (Å²) in [5.74, 6) is 1.05. The molecular weight excluding hydrogens is 498 g/mol. The lowest BCUT2D eigenvalue weighted by atomic mass is 10.1. The fraction of sp³-hybridized carbons (Fsp3) is 0.323. The van der Waals surface area contributed by atoms with Crippen LogP contribution in [-0.2, 0) is 0 Å². The summed E-state index contributed by atoms with van der Waals surface area (Å²) in [6.07, 6.45) is 4.62. The largest absolute Gasteiger partial charge is 0.497 e. The molecule has 0 bridgehead atoms. The Morgan fingerprint density at radius 3 is 2.37 bits per heavy atom. The number of amides is 1. The van der Waals surface area contributed by atoms with Crippen LogP contribution in [0, 0.1) is 0 Å². The maximum atomic E-state index is 14.0. The molecule has 1 heterocycles. The highest BCUT2D eigenvalue weighted by Gasteiger charge is 2.30. The number of benzene rings is 3. The summed E-state index contributed by atoms with van der Waals surface area (Å²) in [6.45, 7) is 4.71. The van der Waals surface area contributed by atoms with E-state index in [1.807, 2.05) is 66.4 Å². The van der Waals surface area contributed by atoms with Crippen LogP contribution >= 0.6 is 11.6 Å². The first-order chi connectivity index (χ1) is 18.5. The van der Waals surface area contributed by atoms with E-state index in [2.05, 4.69) is 6.92 Å². The Balaban J connectivity index is 1.90. The average molecular weight is 532 g/mol. The third-order valence-corrected chi connectivity index (χ3v) is 7.14. The summed E-state index contributed by atoms with van der Waals surface area (Å²) in [5, 5.41) is 0.929. The van der Waals surface area contributed by atoms with Crippen LogP contribution in [0.5, 0.6) is 5.75 Å². The predicted molar refractivity (Wildman–Crippen MR) is 154 cm³/mol. The van der Waals surface area contributed by atoms with E-state index in [-0.39, 0.29) is 11.5 Å². The number of para-hydroxylation sites is 1. The van der Waals surface area contributed by atoms with E-state index in [0.717, 1.165) is 25.7 Å². The zero-order chi connectivity index (χ0) is 27.1. The first-order valence-electron chi connectivity index (χ1n) is 13.2. The fourth-order valence-electron chi connectivity index (χ4n) is 4.79. The second-order valence-electron chi connectivity index (χ2n) is 9.29. The van der Waals surface area contributed by atoms with Crippen LogP contribution in [0.2, 0.25) is 5.02 Å². The van der Waals surface area contributed by atoms with Crippen LogP contribution < -0.4 is 10.3 Å². The molecule has 0 spiro atoms. The van der Waals surface area contributed by atoms with Gasteiger partial charge in [-0.15, -0.1) is 0 Å². The summed E-state index contributed by atoms with van der Waals surface area (Å²) in [4.78, 5) is 34.7. The van der Waals surface area contributed by atoms with Gasteiger partial charge in [-0.2, -0.15) is 0 Å². The van der Waals surface area contributed by atoms with Gasteiger partial charge in [-0.3, -0.25) is 14.2 Å². The SMILES string of the molecule is CCCCCCN(C(=O)c1ccccc1Cl)C(CC)c1nc2ccccc2c(=O)n1-c1ccc(OC)cc1. The van der Waals surface area contributed by atoms with Crippen molar-refractivity contribution in [3.8, 4) is 11.4 Å². The van der Waals surface area contributed by atoms with Gasteiger partial charge in [-0.1, -0.05) is 69.0 Å². The topological polar surface area (TPSA) is 64.4 Å². The molecule has 0 aliphatic rings. The van der Waals surface area contributed by atoms with E-state index in [4.69, 9.17) is 21.3 Å². The monoisotopic (exact) mass is 531 g/mol. The number of aromatic nitrogens is 2. The van der Waals surface area contributed by atoms with Crippen molar-refractivity contribution in [1.82, 2.24) is 14.5 Å². The smallest absolute Gasteiger partial charge is 0.266 e. The third kappa shape index (κ3) is 5.76. The summed E-state index contributed by atoms with van der Waals surface area (Å²) in [7, 11) is 1.61. The lowest BCUT2D eigenvalue weighted by Gasteiger charge is -2.33. The molecule has 1 aromatic heterocycles. The number of unbranched alkanes of at least 4 members (excludes halogenated alkanes) is 3. The number of methoxy groups -OCH3 is 1. The lowest BCUT2D eigenvalue weighted by Crippen LogP contribution is -2.39. The Hall–Kier alpha value is -3.64. The molecule has 0 saturated carbocycles. The Bertz CT molecular complexity index is 1450. The van der Waals surface area contributed by atoms with Gasteiger partial charge in [-0.25, -0.2) is 4.98 Å². The molecule has 1 atom stereocenters. The van der Waals surface area contributed by atoms with Crippen LogP contribution in [0.25, 0.3) is 16.6 Å². The minimum Gasteiger partial charge on any atom is -0.497 e. The maximum absolute atomic E-state index is 14.0. The van der Waals surface area contributed by atoms with Gasteiger partial charge in [0, 0.05) is 6.54 Å². The van der Waals surface area contributed by atoms with Crippen LogP contribution in [0.1, 0.15) is 68.2 Å². The summed E-state index contributed by atoms with van der Waals surface area (Å²) < 4.78 is 6.96. The first kappa shape index (κ1) is 27.4. The second kappa shape index (κ2) is 12.7. The van der Waals surface area contributed by atoms with Crippen LogP contribution in [-0.4, -0.2) is 34.0 Å². The molecule has 6 nitrogen and oxygen atoms in total. The number of halogens is 1. The lowest BCUT2D eigenvalue weighted by molar-refractivity contribution is 0.0655. The van der Waals surface area contributed by atoms with Crippen molar-refractivity contribution < 1.29 is 9.53 Å². The van der Waals surface area contributed by atoms with Crippen molar-refractivity contribution in [2.45, 2.75) is 52.0 Å². The molecule has 3 aromatic carbocycles. The van der Waals surface area contributed by atoms with Crippen LogP contribution in [0.15, 0.2) is 77.6 Å². The molecule has 0 aliphatic heterocycles. The molecule has 0 saturated heterocycles. The molecule has 1 amide bonds. The van der Waals surface area contributed by atoms with E-state index >= 15 is 0 Å². The van der Waals surface area contributed by atoms with E-state index in [0.29, 0.717) is 51.7 Å². The molecule has 4 rings (SSSR count). The number of carbonyl (C=O) groups is 1. The zero-order valence-corrected chi connectivity index (χ0v) is 22.9. The fourth-order valence-corrected chi connectivity index (χ4v) is 5.01. The molecule has 4 aromatic rings. The molecule has 0 N–H and O–H groups in total. The minimum atomic E-state index is -0.445. The van der Waals surface area contributed by atoms with Crippen molar-refractivity contribution in [3.63, 3.8) is 0 Å². The van der Waals surface area contributed by atoms with Crippen LogP contribution in [0.4, 0.5) is 0 Å². The Labute approximate surface area is 228 Å². The van der Waals surface area contributed by atoms with Gasteiger partial charge in [0.1, 0.15) is 11.6 Å². The highest BCUT2D eigenvalue weighted by molar-refractivity contribution is 6.33. The van der Waals surface area contributed by atoms with Crippen molar-refractivity contribution >= 4 is 28.4 Å². The highest BCUT2D eigenvalue weighted by atomic mass is 35.5. The normalized spacial score (nSPS) is 11.9. The second-order valence-corrected chi connectivity index (χ2v) is 9.70. The van der Waals surface area contributed by atoms with E-state index in [1.54, 1.807) is 29.9 Å². The van der Waals surface area contributed by atoms with Crippen molar-refractivity contribution in [2.75, 3.05) is 13.7 Å². The van der Waals surface area contributed by atoms with Gasteiger partial charge < -0.3 is 9.64 Å². The van der Waals surface area contributed by atoms with Crippen molar-refractivity contribution in [1.29, 1.82) is 0 Å². The first-order valence-corrected chi connectivity index (χ1v) is 13.6. The third-order valence-electron chi connectivity index (χ3n) is 6.81. The highest BCUT2D eigenvalue weighted by Crippen LogP contribution is 2.30. The maximum Gasteiger partial charge on any atom is 0.266 e. The molecule has 198 valence electrons. The molecule has 1 unspecified atom stereocenters. The van der Waals surface area contributed by atoms with Gasteiger partial charge in [0.15, 0.2) is 0 Å². The minimum absolute atomic E-state index is 0.164. The number of hydrogen-bond acceptors (Lipinski definition) is 4. The summed E-state index contributed by atoms with van der Waals surface area (Å²) in [6, 6.07) is 21.3. The average Bonchev–Trinajstić information content (AvgIpc) is 2.95. The molecule has 0 fully saturated rings. The number of rotatable bonds is 11. The van der Waals surface area contributed by atoms with Crippen molar-refractivity contribution in [2.24, 2.45) is 0 Å². The van der Waals surface area contributed by atoms with Gasteiger partial charge >= 0.3 is 0 Å². The van der Waals surface area contributed by atoms with E-state index in [1.165, 1.54) is 0 Å². The predicted octanol–water partition coefficient (Wildman–Crippen LogP) is 7.22. The van der Waals surface area contributed by atoms with Gasteiger partial charge in [-0.05, 0) is 61.4 Å². The van der Waals surface area contributed by atoms with Crippen LogP contribution in [0.3, 0.4) is 0 Å². The molecular formula is C31H34ClN3O3. The van der Waals surface area contributed by atoms with E-state index < -0.39 is 6.04 Å². The van der Waals surface area contributed by atoms with Gasteiger partial charge in [0.05, 0.1) is 40.3 Å². The molecule has 38 heavy (non-hydrogen) atoms. The summed E-state index contributed by atoms with van der Waals surface area (Å²) in [5.41, 5.74) is 1.54. The summed E-state index contributed by atoms with van der Waals surface area (Å²) >= 11 is 6.47. The standard InChI is InChI=1S/C31H34ClN3O3/c1-4-6-7-12-21-34(30(36)24-13-8-10-15-26(24)32)28(5-2)29-33-27-16-11-9-14-25(27)31(37)35(29)22-17-19-23(38-3)20-18-22/h8-11,13-20,28H,4-7,12,21H2,1-3H3. The number of carbonyl (C=O) groups excluding carboxylic acids is 1.